The molecule has 0 aliphatic rings. The van der Waals surface area contributed by atoms with E-state index < -0.39 is 0 Å². The Kier molecular flexibility index (Phi) is 2.73. The van der Waals surface area contributed by atoms with Crippen molar-refractivity contribution in [3.05, 3.63) is 41.5 Å². The van der Waals surface area contributed by atoms with Gasteiger partial charge >= 0.3 is 0 Å². The van der Waals surface area contributed by atoms with E-state index in [1.165, 1.54) is 12.1 Å². The van der Waals surface area contributed by atoms with Gasteiger partial charge in [-0.05, 0) is 24.6 Å². The number of alkyl halides is 1. The summed E-state index contributed by atoms with van der Waals surface area (Å²) in [6.07, 6.45) is 1.66. The molecule has 0 atom stereocenters. The molecule has 2 rings (SSSR count). The first-order chi connectivity index (χ1) is 7.20. The van der Waals surface area contributed by atoms with Crippen molar-refractivity contribution in [2.45, 2.75) is 12.8 Å². The van der Waals surface area contributed by atoms with Gasteiger partial charge in [0, 0.05) is 17.5 Å². The van der Waals surface area contributed by atoms with Crippen molar-refractivity contribution >= 4 is 11.6 Å². The number of hydrogen-bond donors (Lipinski definition) is 1. The maximum Gasteiger partial charge on any atom is 0.137 e. The van der Waals surface area contributed by atoms with E-state index in [9.17, 15) is 4.39 Å². The molecule has 0 amide bonds. The zero-order chi connectivity index (χ0) is 10.8. The molecule has 0 unspecified atom stereocenters. The number of rotatable bonds is 2. The average Bonchev–Trinajstić information content (AvgIpc) is 2.70. The number of aromatic nitrogens is 2. The van der Waals surface area contributed by atoms with E-state index in [0.717, 1.165) is 16.8 Å². The van der Waals surface area contributed by atoms with Gasteiger partial charge < -0.3 is 4.98 Å². The van der Waals surface area contributed by atoms with Crippen LogP contribution in [0.4, 0.5) is 4.39 Å². The third kappa shape index (κ3) is 2.02. The number of aromatic amines is 1. The number of imidazole rings is 1. The Balaban J connectivity index is 2.48. The highest BCUT2D eigenvalue weighted by Crippen LogP contribution is 2.21. The van der Waals surface area contributed by atoms with E-state index in [1.807, 2.05) is 6.92 Å². The molecule has 0 aliphatic carbocycles. The van der Waals surface area contributed by atoms with Gasteiger partial charge in [-0.15, -0.1) is 11.6 Å². The van der Waals surface area contributed by atoms with Gasteiger partial charge in [0.1, 0.15) is 11.6 Å². The second kappa shape index (κ2) is 4.03. The van der Waals surface area contributed by atoms with Crippen molar-refractivity contribution in [3.63, 3.8) is 0 Å². The van der Waals surface area contributed by atoms with Crippen LogP contribution in [0.25, 0.3) is 11.4 Å². The first-order valence-electron chi connectivity index (χ1n) is 4.57. The van der Waals surface area contributed by atoms with Crippen molar-refractivity contribution in [3.8, 4) is 11.4 Å². The summed E-state index contributed by atoms with van der Waals surface area (Å²) in [6.45, 7) is 1.91. The van der Waals surface area contributed by atoms with Crippen LogP contribution in [0.1, 0.15) is 11.3 Å². The molecule has 15 heavy (non-hydrogen) atoms. The van der Waals surface area contributed by atoms with E-state index in [1.54, 1.807) is 12.3 Å². The zero-order valence-electron chi connectivity index (χ0n) is 8.22. The van der Waals surface area contributed by atoms with Crippen LogP contribution in [0, 0.1) is 12.7 Å². The van der Waals surface area contributed by atoms with Gasteiger partial charge in [-0.25, -0.2) is 9.37 Å². The SMILES string of the molecule is Cc1ccc(F)cc1-c1ncc(CCl)[nH]1. The van der Waals surface area contributed by atoms with Gasteiger partial charge in [0.25, 0.3) is 0 Å². The Hall–Kier alpha value is -1.35. The third-order valence-corrected chi connectivity index (χ3v) is 2.52. The molecule has 2 aromatic rings. The second-order valence-electron chi connectivity index (χ2n) is 3.35. The number of hydrogen-bond acceptors (Lipinski definition) is 1. The topological polar surface area (TPSA) is 28.7 Å². The summed E-state index contributed by atoms with van der Waals surface area (Å²) >= 11 is 5.65. The fourth-order valence-corrected chi connectivity index (χ4v) is 1.55. The zero-order valence-corrected chi connectivity index (χ0v) is 8.98. The number of nitrogens with one attached hydrogen (secondary N) is 1. The lowest BCUT2D eigenvalue weighted by Gasteiger charge is -2.01. The first kappa shape index (κ1) is 10.2. The maximum atomic E-state index is 13.1. The smallest absolute Gasteiger partial charge is 0.137 e. The predicted octanol–water partition coefficient (Wildman–Crippen LogP) is 3.26. The maximum absolute atomic E-state index is 13.1. The van der Waals surface area contributed by atoms with Crippen LogP contribution in [-0.4, -0.2) is 9.97 Å². The molecule has 0 saturated heterocycles. The molecule has 0 spiro atoms. The highest BCUT2D eigenvalue weighted by atomic mass is 35.5. The van der Waals surface area contributed by atoms with Crippen molar-refractivity contribution in [2.24, 2.45) is 0 Å². The van der Waals surface area contributed by atoms with Crippen LogP contribution in [0.3, 0.4) is 0 Å². The highest BCUT2D eigenvalue weighted by Gasteiger charge is 2.07. The minimum atomic E-state index is -0.264. The van der Waals surface area contributed by atoms with Gasteiger partial charge in [0.2, 0.25) is 0 Å². The van der Waals surface area contributed by atoms with Gasteiger partial charge in [-0.1, -0.05) is 6.07 Å². The molecular weight excluding hydrogens is 215 g/mol. The fourth-order valence-electron chi connectivity index (χ4n) is 1.41. The van der Waals surface area contributed by atoms with Gasteiger partial charge in [0.15, 0.2) is 0 Å². The molecule has 0 radical (unpaired) electrons. The lowest BCUT2D eigenvalue weighted by atomic mass is 10.1. The molecule has 2 nitrogen and oxygen atoms in total. The normalized spacial score (nSPS) is 10.6. The lowest BCUT2D eigenvalue weighted by molar-refractivity contribution is 0.628. The van der Waals surface area contributed by atoms with Crippen molar-refractivity contribution < 1.29 is 4.39 Å². The Morgan fingerprint density at radius 3 is 2.93 bits per heavy atom. The Morgan fingerprint density at radius 1 is 1.47 bits per heavy atom. The van der Waals surface area contributed by atoms with Crippen LogP contribution < -0.4 is 0 Å². The summed E-state index contributed by atoms with van der Waals surface area (Å²) < 4.78 is 13.1. The second-order valence-corrected chi connectivity index (χ2v) is 3.62. The number of benzene rings is 1. The first-order valence-corrected chi connectivity index (χ1v) is 5.10. The van der Waals surface area contributed by atoms with E-state index in [2.05, 4.69) is 9.97 Å². The minimum absolute atomic E-state index is 0.264. The van der Waals surface area contributed by atoms with Gasteiger partial charge in [-0.2, -0.15) is 0 Å². The van der Waals surface area contributed by atoms with Crippen LogP contribution >= 0.6 is 11.6 Å². The molecule has 1 heterocycles. The van der Waals surface area contributed by atoms with E-state index in [4.69, 9.17) is 11.6 Å². The summed E-state index contributed by atoms with van der Waals surface area (Å²) in [4.78, 5) is 7.19. The molecular formula is C11H10ClFN2. The van der Waals surface area contributed by atoms with E-state index in [0.29, 0.717) is 11.7 Å². The van der Waals surface area contributed by atoms with Crippen molar-refractivity contribution in [2.75, 3.05) is 0 Å². The summed E-state index contributed by atoms with van der Waals surface area (Å²) in [7, 11) is 0. The number of halogens is 2. The van der Waals surface area contributed by atoms with Gasteiger partial charge in [0.05, 0.1) is 5.88 Å². The van der Waals surface area contributed by atoms with Crippen LogP contribution in [0.15, 0.2) is 24.4 Å². The summed E-state index contributed by atoms with van der Waals surface area (Å²) in [5.41, 5.74) is 2.58. The van der Waals surface area contributed by atoms with Crippen molar-refractivity contribution in [1.82, 2.24) is 9.97 Å². The minimum Gasteiger partial charge on any atom is -0.341 e. The fraction of sp³-hybridized carbons (Fsp3) is 0.182. The van der Waals surface area contributed by atoms with E-state index >= 15 is 0 Å². The van der Waals surface area contributed by atoms with Crippen molar-refractivity contribution in [1.29, 1.82) is 0 Å². The molecule has 0 bridgehead atoms. The molecule has 78 valence electrons. The third-order valence-electron chi connectivity index (χ3n) is 2.23. The molecule has 1 aromatic carbocycles. The Bertz CT molecular complexity index is 479. The highest BCUT2D eigenvalue weighted by molar-refractivity contribution is 6.16. The molecule has 4 heteroatoms. The monoisotopic (exact) mass is 224 g/mol. The lowest BCUT2D eigenvalue weighted by Crippen LogP contribution is -1.87. The number of H-pyrrole nitrogens is 1. The summed E-state index contributed by atoms with van der Waals surface area (Å²) in [5, 5.41) is 0. The summed E-state index contributed by atoms with van der Waals surface area (Å²) in [5.74, 6) is 0.767. The predicted molar refractivity (Wildman–Crippen MR) is 58.3 cm³/mol. The largest absolute Gasteiger partial charge is 0.341 e. The number of aryl methyl sites for hydroxylation is 1. The molecule has 0 fully saturated rings. The van der Waals surface area contributed by atoms with Crippen LogP contribution in [-0.2, 0) is 5.88 Å². The standard InChI is InChI=1S/C11H10ClFN2/c1-7-2-3-8(13)4-10(7)11-14-6-9(5-12)15-11/h2-4,6H,5H2,1H3,(H,14,15). The number of nitrogens with zero attached hydrogens (tertiary/aromatic N) is 1. The Labute approximate surface area is 92.1 Å². The molecule has 0 saturated carbocycles. The van der Waals surface area contributed by atoms with E-state index in [-0.39, 0.29) is 5.82 Å². The van der Waals surface area contributed by atoms with Crippen LogP contribution in [0.2, 0.25) is 0 Å². The van der Waals surface area contributed by atoms with Gasteiger partial charge in [-0.3, -0.25) is 0 Å². The molecule has 1 aromatic heterocycles. The quantitative estimate of drug-likeness (QED) is 0.780. The average molecular weight is 225 g/mol. The Morgan fingerprint density at radius 2 is 2.27 bits per heavy atom. The molecule has 0 aliphatic heterocycles. The summed E-state index contributed by atoms with van der Waals surface area (Å²) in [6, 6.07) is 4.63. The van der Waals surface area contributed by atoms with Crippen LogP contribution in [0.5, 0.6) is 0 Å². The molecule has 1 N–H and O–H groups in total.